The minimum atomic E-state index is -0.761. The molecule has 0 aliphatic rings. The summed E-state index contributed by atoms with van der Waals surface area (Å²) in [5, 5.41) is 0. The largest absolute Gasteiger partial charge is 0.462 e. The lowest BCUT2D eigenvalue weighted by Crippen LogP contribution is -2.30. The highest BCUT2D eigenvalue weighted by molar-refractivity contribution is 5.71. The average Bonchev–Trinajstić information content (AvgIpc) is 3.20. The summed E-state index contributed by atoms with van der Waals surface area (Å²) in [6, 6.07) is 0. The molecule has 0 aromatic carbocycles. The fourth-order valence-corrected chi connectivity index (χ4v) is 7.99. The van der Waals surface area contributed by atoms with Crippen molar-refractivity contribution in [3.05, 3.63) is 0 Å². The maximum Gasteiger partial charge on any atom is 0.306 e. The number of hydrogen-bond donors (Lipinski definition) is 0. The maximum absolute atomic E-state index is 12.7. The van der Waals surface area contributed by atoms with E-state index in [1.165, 1.54) is 180 Å². The molecule has 0 unspecified atom stereocenters. The summed E-state index contributed by atoms with van der Waals surface area (Å²) in [5.41, 5.74) is 0. The Kier molecular flexibility index (Phi) is 44.7. The second-order valence-electron chi connectivity index (χ2n) is 19.1. The van der Waals surface area contributed by atoms with E-state index in [-0.39, 0.29) is 31.1 Å². The fraction of sp³-hybridized carbons (Fsp3) is 0.943. The van der Waals surface area contributed by atoms with Crippen LogP contribution in [0.5, 0.6) is 0 Å². The summed E-state index contributed by atoms with van der Waals surface area (Å²) in [6.45, 7) is 11.4. The Bertz CT molecular complexity index is 900. The van der Waals surface area contributed by atoms with Crippen LogP contribution in [-0.2, 0) is 28.6 Å². The third-order valence-corrected chi connectivity index (χ3v) is 12.0. The lowest BCUT2D eigenvalue weighted by molar-refractivity contribution is -0.167. The van der Waals surface area contributed by atoms with Crippen molar-refractivity contribution in [3.63, 3.8) is 0 Å². The zero-order chi connectivity index (χ0) is 43.3. The van der Waals surface area contributed by atoms with Gasteiger partial charge in [0.25, 0.3) is 0 Å². The highest BCUT2D eigenvalue weighted by Gasteiger charge is 2.19. The van der Waals surface area contributed by atoms with E-state index in [4.69, 9.17) is 14.2 Å². The number of carbonyl (C=O) groups is 3. The first-order chi connectivity index (χ1) is 28.7. The fourth-order valence-electron chi connectivity index (χ4n) is 7.99. The molecule has 6 heteroatoms. The number of carbonyl (C=O) groups excluding carboxylic acids is 3. The van der Waals surface area contributed by atoms with Crippen LogP contribution in [0, 0.1) is 11.8 Å². The van der Waals surface area contributed by atoms with Crippen LogP contribution >= 0.6 is 0 Å². The van der Waals surface area contributed by atoms with Crippen molar-refractivity contribution >= 4 is 17.9 Å². The third-order valence-electron chi connectivity index (χ3n) is 12.0. The molecule has 350 valence electrons. The van der Waals surface area contributed by atoms with E-state index in [1.54, 1.807) is 0 Å². The molecule has 0 rings (SSSR count). The Hall–Kier alpha value is -1.59. The molecule has 0 saturated carbocycles. The standard InChI is InChI=1S/C53H102O6/c1-6-7-8-9-10-11-23-30-35-40-45-53(56)59-50(47-58-52(55)44-39-34-29-25-20-16-18-22-27-32-37-42-49(4)5)46-57-51(54)43-38-33-28-24-19-15-13-12-14-17-21-26-31-36-41-48(2)3/h48-50H,6-47H2,1-5H3/t50-/m1/s1. The predicted octanol–water partition coefficient (Wildman–Crippen LogP) is 16.9. The van der Waals surface area contributed by atoms with Gasteiger partial charge < -0.3 is 14.2 Å². The summed E-state index contributed by atoms with van der Waals surface area (Å²) in [6.07, 6.45) is 46.6. The van der Waals surface area contributed by atoms with Gasteiger partial charge in [0.05, 0.1) is 0 Å². The van der Waals surface area contributed by atoms with Gasteiger partial charge >= 0.3 is 17.9 Å². The number of hydrogen-bond acceptors (Lipinski definition) is 6. The number of unbranched alkanes of at least 4 members (excludes halogenated alkanes) is 32. The van der Waals surface area contributed by atoms with Crippen LogP contribution in [0.1, 0.15) is 291 Å². The molecule has 6 nitrogen and oxygen atoms in total. The van der Waals surface area contributed by atoms with Gasteiger partial charge in [0, 0.05) is 19.3 Å². The summed E-state index contributed by atoms with van der Waals surface area (Å²) >= 11 is 0. The van der Waals surface area contributed by atoms with Crippen LogP contribution in [-0.4, -0.2) is 37.2 Å². The molecule has 0 aromatic rings. The van der Waals surface area contributed by atoms with Crippen molar-refractivity contribution in [1.29, 1.82) is 0 Å². The van der Waals surface area contributed by atoms with Crippen LogP contribution in [0.25, 0.3) is 0 Å². The molecular weight excluding hydrogens is 733 g/mol. The SMILES string of the molecule is CCCCCCCCCCCCC(=O)O[C@H](COC(=O)CCCCCCCCCCCCCCCCC(C)C)COC(=O)CCCCCCCCCCCCCC(C)C. The van der Waals surface area contributed by atoms with Crippen molar-refractivity contribution < 1.29 is 28.6 Å². The maximum atomic E-state index is 12.7. The van der Waals surface area contributed by atoms with Gasteiger partial charge in [-0.2, -0.15) is 0 Å². The zero-order valence-corrected chi connectivity index (χ0v) is 40.4. The van der Waals surface area contributed by atoms with Gasteiger partial charge in [0.2, 0.25) is 0 Å². The second-order valence-corrected chi connectivity index (χ2v) is 19.1. The van der Waals surface area contributed by atoms with E-state index in [2.05, 4.69) is 34.6 Å². The molecule has 1 atom stereocenters. The van der Waals surface area contributed by atoms with Crippen molar-refractivity contribution in [2.45, 2.75) is 298 Å². The molecule has 0 spiro atoms. The van der Waals surface area contributed by atoms with E-state index in [0.29, 0.717) is 19.3 Å². The zero-order valence-electron chi connectivity index (χ0n) is 40.4. The topological polar surface area (TPSA) is 78.9 Å². The van der Waals surface area contributed by atoms with Crippen LogP contribution in [0.4, 0.5) is 0 Å². The third kappa shape index (κ3) is 47.3. The predicted molar refractivity (Wildman–Crippen MR) is 252 cm³/mol. The van der Waals surface area contributed by atoms with Crippen molar-refractivity contribution in [3.8, 4) is 0 Å². The van der Waals surface area contributed by atoms with Crippen LogP contribution in [0.2, 0.25) is 0 Å². The molecule has 59 heavy (non-hydrogen) atoms. The Morgan fingerprint density at radius 1 is 0.322 bits per heavy atom. The first-order valence-corrected chi connectivity index (χ1v) is 26.2. The molecule has 0 bridgehead atoms. The number of esters is 3. The van der Waals surface area contributed by atoms with Gasteiger partial charge in [0.15, 0.2) is 6.10 Å². The summed E-state index contributed by atoms with van der Waals surface area (Å²) < 4.78 is 16.8. The van der Waals surface area contributed by atoms with Crippen LogP contribution in [0.3, 0.4) is 0 Å². The van der Waals surface area contributed by atoms with Gasteiger partial charge in [-0.15, -0.1) is 0 Å². The van der Waals surface area contributed by atoms with Crippen molar-refractivity contribution in [2.24, 2.45) is 11.8 Å². The minimum Gasteiger partial charge on any atom is -0.462 e. The van der Waals surface area contributed by atoms with E-state index < -0.39 is 6.10 Å². The monoisotopic (exact) mass is 835 g/mol. The summed E-state index contributed by atoms with van der Waals surface area (Å²) in [7, 11) is 0. The molecule has 0 heterocycles. The molecular formula is C53H102O6. The molecule has 0 N–H and O–H groups in total. The van der Waals surface area contributed by atoms with Gasteiger partial charge in [-0.1, -0.05) is 253 Å². The Labute approximate surface area is 368 Å². The van der Waals surface area contributed by atoms with Crippen LogP contribution < -0.4 is 0 Å². The van der Waals surface area contributed by atoms with E-state index >= 15 is 0 Å². The number of rotatable bonds is 47. The quantitative estimate of drug-likeness (QED) is 0.0345. The number of ether oxygens (including phenoxy) is 3. The summed E-state index contributed by atoms with van der Waals surface area (Å²) in [4.78, 5) is 37.9. The smallest absolute Gasteiger partial charge is 0.306 e. The lowest BCUT2D eigenvalue weighted by atomic mass is 10.0. The first kappa shape index (κ1) is 57.4. The van der Waals surface area contributed by atoms with Gasteiger partial charge in [-0.3, -0.25) is 14.4 Å². The van der Waals surface area contributed by atoms with E-state index in [1.807, 2.05) is 0 Å². The molecule has 0 aliphatic heterocycles. The second kappa shape index (κ2) is 45.9. The molecule has 0 aromatic heterocycles. The molecule has 0 fully saturated rings. The molecule has 0 radical (unpaired) electrons. The van der Waals surface area contributed by atoms with E-state index in [9.17, 15) is 14.4 Å². The Morgan fingerprint density at radius 3 is 0.831 bits per heavy atom. The molecule has 0 amide bonds. The van der Waals surface area contributed by atoms with Gasteiger partial charge in [-0.05, 0) is 31.1 Å². The lowest BCUT2D eigenvalue weighted by Gasteiger charge is -2.18. The van der Waals surface area contributed by atoms with Crippen molar-refractivity contribution in [2.75, 3.05) is 13.2 Å². The van der Waals surface area contributed by atoms with Gasteiger partial charge in [0.1, 0.15) is 13.2 Å². The summed E-state index contributed by atoms with van der Waals surface area (Å²) in [5.74, 6) is 0.824. The normalized spacial score (nSPS) is 12.1. The highest BCUT2D eigenvalue weighted by atomic mass is 16.6. The Morgan fingerprint density at radius 2 is 0.559 bits per heavy atom. The van der Waals surface area contributed by atoms with Crippen LogP contribution in [0.15, 0.2) is 0 Å². The minimum absolute atomic E-state index is 0.0635. The van der Waals surface area contributed by atoms with Crippen molar-refractivity contribution in [1.82, 2.24) is 0 Å². The highest BCUT2D eigenvalue weighted by Crippen LogP contribution is 2.17. The molecule has 0 aliphatic carbocycles. The average molecular weight is 835 g/mol. The molecule has 0 saturated heterocycles. The Balaban J connectivity index is 4.25. The van der Waals surface area contributed by atoms with E-state index in [0.717, 1.165) is 69.6 Å². The first-order valence-electron chi connectivity index (χ1n) is 26.2. The van der Waals surface area contributed by atoms with Gasteiger partial charge in [-0.25, -0.2) is 0 Å².